The van der Waals surface area contributed by atoms with Crippen molar-refractivity contribution < 1.29 is 0 Å². The Labute approximate surface area is 121 Å². The molecule has 0 bridgehead atoms. The SMILES string of the molecule is c1nc(N(CC2CC2)CC2CC2)ncc1CNC1CC1. The molecule has 1 aromatic rings. The van der Waals surface area contributed by atoms with Crippen LogP contribution in [0.2, 0.25) is 0 Å². The minimum atomic E-state index is 0.746. The summed E-state index contributed by atoms with van der Waals surface area (Å²) in [6.07, 6.45) is 12.2. The minimum absolute atomic E-state index is 0.746. The fourth-order valence-corrected chi connectivity index (χ4v) is 2.61. The van der Waals surface area contributed by atoms with Gasteiger partial charge in [-0.25, -0.2) is 9.97 Å². The van der Waals surface area contributed by atoms with Gasteiger partial charge < -0.3 is 10.2 Å². The number of rotatable bonds is 8. The lowest BCUT2D eigenvalue weighted by atomic mass is 10.3. The van der Waals surface area contributed by atoms with Crippen LogP contribution in [0.3, 0.4) is 0 Å². The average Bonchev–Trinajstić information content (AvgIpc) is 3.32. The summed E-state index contributed by atoms with van der Waals surface area (Å²) < 4.78 is 0. The van der Waals surface area contributed by atoms with E-state index in [0.29, 0.717) is 0 Å². The first kappa shape index (κ1) is 12.6. The summed E-state index contributed by atoms with van der Waals surface area (Å²) in [4.78, 5) is 11.7. The van der Waals surface area contributed by atoms with Crippen molar-refractivity contribution in [1.29, 1.82) is 0 Å². The lowest BCUT2D eigenvalue weighted by molar-refractivity contribution is 0.655. The number of hydrogen-bond donors (Lipinski definition) is 1. The minimum Gasteiger partial charge on any atom is -0.340 e. The van der Waals surface area contributed by atoms with Gasteiger partial charge in [0, 0.05) is 43.6 Å². The number of anilines is 1. The van der Waals surface area contributed by atoms with Crippen LogP contribution in [0, 0.1) is 11.8 Å². The molecular formula is C16H24N4. The maximum atomic E-state index is 4.61. The first-order valence-corrected chi connectivity index (χ1v) is 8.16. The van der Waals surface area contributed by atoms with Crippen LogP contribution in [0.15, 0.2) is 12.4 Å². The Morgan fingerprint density at radius 2 is 1.55 bits per heavy atom. The van der Waals surface area contributed by atoms with E-state index in [1.165, 1.54) is 44.1 Å². The summed E-state index contributed by atoms with van der Waals surface area (Å²) in [5.74, 6) is 2.74. The summed E-state index contributed by atoms with van der Waals surface area (Å²) >= 11 is 0. The largest absolute Gasteiger partial charge is 0.340 e. The van der Waals surface area contributed by atoms with Gasteiger partial charge in [0.05, 0.1) is 0 Å². The lowest BCUT2D eigenvalue weighted by Gasteiger charge is -2.22. The van der Waals surface area contributed by atoms with Crippen molar-refractivity contribution in [3.63, 3.8) is 0 Å². The smallest absolute Gasteiger partial charge is 0.225 e. The normalized spacial score (nSPS) is 22.0. The van der Waals surface area contributed by atoms with Crippen molar-refractivity contribution in [2.24, 2.45) is 11.8 Å². The third-order valence-corrected chi connectivity index (χ3v) is 4.50. The van der Waals surface area contributed by atoms with Gasteiger partial charge in [-0.3, -0.25) is 0 Å². The van der Waals surface area contributed by atoms with Crippen LogP contribution >= 0.6 is 0 Å². The summed E-state index contributed by atoms with van der Waals surface area (Å²) in [7, 11) is 0. The molecule has 4 nitrogen and oxygen atoms in total. The quantitative estimate of drug-likeness (QED) is 0.789. The van der Waals surface area contributed by atoms with Crippen LogP contribution in [0.1, 0.15) is 44.1 Å². The van der Waals surface area contributed by atoms with Crippen LogP contribution in [-0.2, 0) is 6.54 Å². The summed E-state index contributed by atoms with van der Waals surface area (Å²) in [6.45, 7) is 3.24. The Balaban J connectivity index is 1.38. The van der Waals surface area contributed by atoms with Crippen molar-refractivity contribution in [1.82, 2.24) is 15.3 Å². The molecule has 3 aliphatic carbocycles. The fourth-order valence-electron chi connectivity index (χ4n) is 2.61. The Kier molecular flexibility index (Phi) is 3.34. The van der Waals surface area contributed by atoms with E-state index in [2.05, 4.69) is 20.2 Å². The van der Waals surface area contributed by atoms with Gasteiger partial charge >= 0.3 is 0 Å². The first-order chi connectivity index (χ1) is 9.87. The molecule has 108 valence electrons. The van der Waals surface area contributed by atoms with Gasteiger partial charge in [0.25, 0.3) is 0 Å². The molecule has 0 spiro atoms. The van der Waals surface area contributed by atoms with E-state index >= 15 is 0 Å². The van der Waals surface area contributed by atoms with E-state index in [0.717, 1.165) is 43.5 Å². The monoisotopic (exact) mass is 272 g/mol. The molecule has 0 unspecified atom stereocenters. The summed E-state index contributed by atoms with van der Waals surface area (Å²) in [5, 5.41) is 3.51. The van der Waals surface area contributed by atoms with Crippen molar-refractivity contribution in [2.45, 2.75) is 51.1 Å². The molecule has 1 heterocycles. The fraction of sp³-hybridized carbons (Fsp3) is 0.750. The first-order valence-electron chi connectivity index (χ1n) is 8.16. The molecule has 0 amide bonds. The second kappa shape index (κ2) is 5.32. The highest BCUT2D eigenvalue weighted by atomic mass is 15.3. The van der Waals surface area contributed by atoms with E-state index in [9.17, 15) is 0 Å². The van der Waals surface area contributed by atoms with Gasteiger partial charge in [0.2, 0.25) is 5.95 Å². The van der Waals surface area contributed by atoms with Crippen LogP contribution in [0.4, 0.5) is 5.95 Å². The van der Waals surface area contributed by atoms with Gasteiger partial charge in [-0.05, 0) is 50.4 Å². The molecule has 0 saturated heterocycles. The van der Waals surface area contributed by atoms with Crippen LogP contribution in [0.5, 0.6) is 0 Å². The van der Waals surface area contributed by atoms with Gasteiger partial charge in [0.1, 0.15) is 0 Å². The number of nitrogens with one attached hydrogen (secondary N) is 1. The lowest BCUT2D eigenvalue weighted by Crippen LogP contribution is -2.30. The van der Waals surface area contributed by atoms with Gasteiger partial charge in [-0.2, -0.15) is 0 Å². The molecule has 0 atom stereocenters. The Morgan fingerprint density at radius 3 is 2.05 bits per heavy atom. The Bertz CT molecular complexity index is 432. The molecular weight excluding hydrogens is 248 g/mol. The number of aromatic nitrogens is 2. The van der Waals surface area contributed by atoms with Crippen LogP contribution in [0.25, 0.3) is 0 Å². The molecule has 20 heavy (non-hydrogen) atoms. The highest BCUT2D eigenvalue weighted by molar-refractivity contribution is 5.31. The van der Waals surface area contributed by atoms with Gasteiger partial charge in [-0.15, -0.1) is 0 Å². The van der Waals surface area contributed by atoms with E-state index in [1.54, 1.807) is 0 Å². The van der Waals surface area contributed by atoms with E-state index < -0.39 is 0 Å². The molecule has 0 aliphatic heterocycles. The Morgan fingerprint density at radius 1 is 0.950 bits per heavy atom. The molecule has 3 fully saturated rings. The van der Waals surface area contributed by atoms with Crippen molar-refractivity contribution in [2.75, 3.05) is 18.0 Å². The maximum absolute atomic E-state index is 4.61. The maximum Gasteiger partial charge on any atom is 0.225 e. The molecule has 4 rings (SSSR count). The number of hydrogen-bond acceptors (Lipinski definition) is 4. The van der Waals surface area contributed by atoms with Crippen molar-refractivity contribution in [3.05, 3.63) is 18.0 Å². The predicted molar refractivity (Wildman–Crippen MR) is 79.6 cm³/mol. The zero-order chi connectivity index (χ0) is 13.4. The molecule has 1 aromatic heterocycles. The van der Waals surface area contributed by atoms with Gasteiger partial charge in [0.15, 0.2) is 0 Å². The molecule has 3 aliphatic rings. The average molecular weight is 272 g/mol. The highest BCUT2D eigenvalue weighted by Gasteiger charge is 2.30. The van der Waals surface area contributed by atoms with Gasteiger partial charge in [-0.1, -0.05) is 0 Å². The number of nitrogens with zero attached hydrogens (tertiary/aromatic N) is 3. The van der Waals surface area contributed by atoms with Crippen molar-refractivity contribution >= 4 is 5.95 Å². The zero-order valence-corrected chi connectivity index (χ0v) is 12.1. The highest BCUT2D eigenvalue weighted by Crippen LogP contribution is 2.34. The van der Waals surface area contributed by atoms with E-state index in [-0.39, 0.29) is 0 Å². The van der Waals surface area contributed by atoms with Crippen molar-refractivity contribution in [3.8, 4) is 0 Å². The molecule has 0 aromatic carbocycles. The standard InChI is InChI=1S/C16H24N4/c1-2-12(1)10-20(11-13-3-4-13)16-18-8-14(9-19-16)7-17-15-5-6-15/h8-9,12-13,15,17H,1-7,10-11H2. The van der Waals surface area contributed by atoms with Crippen LogP contribution < -0.4 is 10.2 Å². The van der Waals surface area contributed by atoms with Crippen LogP contribution in [-0.4, -0.2) is 29.1 Å². The Hall–Kier alpha value is -1.16. The van der Waals surface area contributed by atoms with E-state index in [4.69, 9.17) is 0 Å². The third kappa shape index (κ3) is 3.48. The summed E-state index contributed by atoms with van der Waals surface area (Å²) in [6, 6.07) is 0.746. The molecule has 0 radical (unpaired) electrons. The summed E-state index contributed by atoms with van der Waals surface area (Å²) in [5.41, 5.74) is 1.21. The predicted octanol–water partition coefficient (Wildman–Crippen LogP) is 2.36. The topological polar surface area (TPSA) is 41.1 Å². The molecule has 3 saturated carbocycles. The molecule has 4 heteroatoms. The van der Waals surface area contributed by atoms with E-state index in [1.807, 2.05) is 12.4 Å². The molecule has 1 N–H and O–H groups in total. The zero-order valence-electron chi connectivity index (χ0n) is 12.1. The second-order valence-corrected chi connectivity index (χ2v) is 6.84. The third-order valence-electron chi connectivity index (χ3n) is 4.50. The second-order valence-electron chi connectivity index (χ2n) is 6.84.